The van der Waals surface area contributed by atoms with Crippen LogP contribution in [0, 0.1) is 11.3 Å². The van der Waals surface area contributed by atoms with Crippen LogP contribution in [-0.2, 0) is 0 Å². The number of ketones is 1. The maximum absolute atomic E-state index is 11.9. The summed E-state index contributed by atoms with van der Waals surface area (Å²) >= 11 is 0. The molecule has 0 fully saturated rings. The summed E-state index contributed by atoms with van der Waals surface area (Å²) in [5, 5.41) is 8.77. The molecule has 0 amide bonds. The maximum atomic E-state index is 11.9. The summed E-state index contributed by atoms with van der Waals surface area (Å²) in [6.07, 6.45) is 3.28. The van der Waals surface area contributed by atoms with Crippen LogP contribution in [0.2, 0.25) is 0 Å². The molecule has 0 unspecified atom stereocenters. The molecular weight excluding hydrogens is 222 g/mol. The number of benzene rings is 2. The zero-order valence-electron chi connectivity index (χ0n) is 9.71. The van der Waals surface area contributed by atoms with Gasteiger partial charge in [-0.25, -0.2) is 0 Å². The molecule has 2 aromatic rings. The molecule has 2 aromatic carbocycles. The van der Waals surface area contributed by atoms with Gasteiger partial charge in [0.2, 0.25) is 0 Å². The molecule has 2 rings (SSSR count). The fourth-order valence-electron chi connectivity index (χ4n) is 1.57. The van der Waals surface area contributed by atoms with Crippen molar-refractivity contribution < 1.29 is 4.79 Å². The van der Waals surface area contributed by atoms with Gasteiger partial charge < -0.3 is 0 Å². The van der Waals surface area contributed by atoms with Crippen LogP contribution in [0.3, 0.4) is 0 Å². The van der Waals surface area contributed by atoms with Crippen LogP contribution in [0.4, 0.5) is 0 Å². The third kappa shape index (κ3) is 2.93. The molecule has 0 radical (unpaired) electrons. The van der Waals surface area contributed by atoms with Gasteiger partial charge in [0.15, 0.2) is 5.78 Å². The number of hydrogen-bond acceptors (Lipinski definition) is 2. The Morgan fingerprint density at radius 1 is 1.06 bits per heavy atom. The largest absolute Gasteiger partial charge is 0.289 e. The first-order chi connectivity index (χ1) is 8.79. The number of carbonyl (C=O) groups is 1. The zero-order valence-corrected chi connectivity index (χ0v) is 9.71. The van der Waals surface area contributed by atoms with E-state index < -0.39 is 0 Å². The Bertz CT molecular complexity index is 621. The highest BCUT2D eigenvalue weighted by Crippen LogP contribution is 2.08. The van der Waals surface area contributed by atoms with Crippen LogP contribution in [0.5, 0.6) is 0 Å². The normalized spacial score (nSPS) is 10.2. The van der Waals surface area contributed by atoms with Gasteiger partial charge in [0.25, 0.3) is 0 Å². The summed E-state index contributed by atoms with van der Waals surface area (Å²) in [7, 11) is 0. The van der Waals surface area contributed by atoms with Gasteiger partial charge in [-0.05, 0) is 23.8 Å². The number of hydrogen-bond donors (Lipinski definition) is 0. The molecule has 0 heterocycles. The van der Waals surface area contributed by atoms with Crippen LogP contribution in [0.15, 0.2) is 60.7 Å². The number of carbonyl (C=O) groups excluding carboxylic acids is 1. The molecule has 0 atom stereocenters. The lowest BCUT2D eigenvalue weighted by molar-refractivity contribution is 0.104. The summed E-state index contributed by atoms with van der Waals surface area (Å²) in [6, 6.07) is 18.3. The van der Waals surface area contributed by atoms with Crippen LogP contribution in [0.25, 0.3) is 6.08 Å². The topological polar surface area (TPSA) is 40.9 Å². The predicted octanol–water partition coefficient (Wildman–Crippen LogP) is 3.45. The minimum Gasteiger partial charge on any atom is -0.289 e. The third-order valence-corrected chi connectivity index (χ3v) is 2.50. The molecule has 0 aliphatic rings. The van der Waals surface area contributed by atoms with Gasteiger partial charge >= 0.3 is 0 Å². The molecule has 0 N–H and O–H groups in total. The zero-order chi connectivity index (χ0) is 12.8. The Balaban J connectivity index is 2.18. The van der Waals surface area contributed by atoms with E-state index in [9.17, 15) is 4.79 Å². The van der Waals surface area contributed by atoms with Crippen molar-refractivity contribution in [1.29, 1.82) is 5.26 Å². The van der Waals surface area contributed by atoms with E-state index in [-0.39, 0.29) is 5.78 Å². The predicted molar refractivity (Wildman–Crippen MR) is 71.0 cm³/mol. The van der Waals surface area contributed by atoms with Gasteiger partial charge in [-0.15, -0.1) is 0 Å². The molecule has 0 saturated heterocycles. The van der Waals surface area contributed by atoms with Gasteiger partial charge in [-0.3, -0.25) is 4.79 Å². The second kappa shape index (κ2) is 5.60. The molecule has 2 nitrogen and oxygen atoms in total. The molecule has 86 valence electrons. The second-order valence-corrected chi connectivity index (χ2v) is 3.80. The standard InChI is InChI=1S/C16H11NO/c17-12-14-7-4-8-15(11-14)16(18)10-9-13-5-2-1-3-6-13/h1-11H. The Morgan fingerprint density at radius 2 is 1.83 bits per heavy atom. The monoisotopic (exact) mass is 233 g/mol. The molecule has 0 bridgehead atoms. The summed E-state index contributed by atoms with van der Waals surface area (Å²) in [5.41, 5.74) is 2.00. The van der Waals surface area contributed by atoms with Crippen molar-refractivity contribution in [3.05, 3.63) is 77.4 Å². The second-order valence-electron chi connectivity index (χ2n) is 3.80. The van der Waals surface area contributed by atoms with Gasteiger partial charge in [-0.1, -0.05) is 48.5 Å². The highest BCUT2D eigenvalue weighted by Gasteiger charge is 2.02. The van der Waals surface area contributed by atoms with Gasteiger partial charge in [0.1, 0.15) is 0 Å². The maximum Gasteiger partial charge on any atom is 0.185 e. The van der Waals surface area contributed by atoms with E-state index in [1.807, 2.05) is 36.4 Å². The molecular formula is C16H11NO. The summed E-state index contributed by atoms with van der Waals surface area (Å²) < 4.78 is 0. The van der Waals surface area contributed by atoms with E-state index in [4.69, 9.17) is 5.26 Å². The van der Waals surface area contributed by atoms with Crippen LogP contribution >= 0.6 is 0 Å². The Hall–Kier alpha value is -2.66. The fraction of sp³-hybridized carbons (Fsp3) is 0. The lowest BCUT2D eigenvalue weighted by Gasteiger charge is -1.96. The van der Waals surface area contributed by atoms with Gasteiger partial charge in [0.05, 0.1) is 11.6 Å². The van der Waals surface area contributed by atoms with Crippen LogP contribution in [-0.4, -0.2) is 5.78 Å². The van der Waals surface area contributed by atoms with Crippen molar-refractivity contribution in [3.8, 4) is 6.07 Å². The SMILES string of the molecule is N#Cc1cccc(C(=O)C=Cc2ccccc2)c1. The van der Waals surface area contributed by atoms with E-state index in [0.717, 1.165) is 5.56 Å². The van der Waals surface area contributed by atoms with Crippen molar-refractivity contribution in [2.75, 3.05) is 0 Å². The van der Waals surface area contributed by atoms with Gasteiger partial charge in [0, 0.05) is 5.56 Å². The lowest BCUT2D eigenvalue weighted by Crippen LogP contribution is -1.94. The first-order valence-electron chi connectivity index (χ1n) is 5.57. The average molecular weight is 233 g/mol. The van der Waals surface area contributed by atoms with E-state index in [1.54, 1.807) is 30.3 Å². The highest BCUT2D eigenvalue weighted by atomic mass is 16.1. The number of nitrogens with zero attached hydrogens (tertiary/aromatic N) is 1. The molecule has 2 heteroatoms. The molecule has 0 saturated carbocycles. The molecule has 0 aliphatic carbocycles. The minimum absolute atomic E-state index is 0.101. The van der Waals surface area contributed by atoms with Crippen molar-refractivity contribution in [2.24, 2.45) is 0 Å². The fourth-order valence-corrected chi connectivity index (χ4v) is 1.57. The lowest BCUT2D eigenvalue weighted by atomic mass is 10.1. The molecule has 0 aromatic heterocycles. The van der Waals surface area contributed by atoms with E-state index in [0.29, 0.717) is 11.1 Å². The van der Waals surface area contributed by atoms with Crippen LogP contribution < -0.4 is 0 Å². The van der Waals surface area contributed by atoms with Crippen LogP contribution in [0.1, 0.15) is 21.5 Å². The average Bonchev–Trinajstić information content (AvgIpc) is 2.46. The number of allylic oxidation sites excluding steroid dienone is 1. The van der Waals surface area contributed by atoms with Crippen molar-refractivity contribution in [2.45, 2.75) is 0 Å². The van der Waals surface area contributed by atoms with Crippen molar-refractivity contribution in [1.82, 2.24) is 0 Å². The summed E-state index contributed by atoms with van der Waals surface area (Å²) in [5.74, 6) is -0.101. The highest BCUT2D eigenvalue weighted by molar-refractivity contribution is 6.06. The minimum atomic E-state index is -0.101. The van der Waals surface area contributed by atoms with Gasteiger partial charge in [-0.2, -0.15) is 5.26 Å². The number of nitriles is 1. The third-order valence-electron chi connectivity index (χ3n) is 2.50. The first-order valence-corrected chi connectivity index (χ1v) is 5.57. The van der Waals surface area contributed by atoms with E-state index in [1.165, 1.54) is 6.08 Å². The van der Waals surface area contributed by atoms with Crippen molar-refractivity contribution >= 4 is 11.9 Å². The summed E-state index contributed by atoms with van der Waals surface area (Å²) in [4.78, 5) is 11.9. The Kier molecular flexibility index (Phi) is 3.68. The molecule has 0 spiro atoms. The molecule has 0 aliphatic heterocycles. The quantitative estimate of drug-likeness (QED) is 0.601. The van der Waals surface area contributed by atoms with Crippen molar-refractivity contribution in [3.63, 3.8) is 0 Å². The van der Waals surface area contributed by atoms with E-state index >= 15 is 0 Å². The smallest absolute Gasteiger partial charge is 0.185 e. The first kappa shape index (κ1) is 11.8. The summed E-state index contributed by atoms with van der Waals surface area (Å²) in [6.45, 7) is 0. The number of rotatable bonds is 3. The van der Waals surface area contributed by atoms with E-state index in [2.05, 4.69) is 0 Å². The Labute approximate surface area is 106 Å². The Morgan fingerprint density at radius 3 is 2.56 bits per heavy atom. The molecule has 18 heavy (non-hydrogen) atoms.